The number of aryl methyl sites for hydroxylation is 1. The van der Waals surface area contributed by atoms with E-state index in [2.05, 4.69) is 41.1 Å². The molecule has 0 fully saturated rings. The van der Waals surface area contributed by atoms with Gasteiger partial charge in [-0.05, 0) is 43.7 Å². The third kappa shape index (κ3) is 4.55. The maximum atomic E-state index is 13.2. The highest BCUT2D eigenvalue weighted by Crippen LogP contribution is 2.38. The topological polar surface area (TPSA) is 74.6 Å². The molecule has 0 bridgehead atoms. The molecular formula is C27H29N3O4. The van der Waals surface area contributed by atoms with Crippen molar-refractivity contribution < 1.29 is 19.0 Å². The predicted octanol–water partition coefficient (Wildman–Crippen LogP) is 4.91. The number of hydrogen-bond acceptors (Lipinski definition) is 5. The molecule has 0 aliphatic carbocycles. The molecule has 1 N–H and O–H groups in total. The van der Waals surface area contributed by atoms with Crippen LogP contribution in [0.25, 0.3) is 11.0 Å². The van der Waals surface area contributed by atoms with Crippen molar-refractivity contribution in [2.45, 2.75) is 26.4 Å². The Morgan fingerprint density at radius 2 is 1.62 bits per heavy atom. The minimum absolute atomic E-state index is 0.263. The van der Waals surface area contributed by atoms with Crippen molar-refractivity contribution >= 4 is 16.9 Å². The monoisotopic (exact) mass is 459 g/mol. The zero-order chi connectivity index (χ0) is 24.2. The average molecular weight is 460 g/mol. The van der Waals surface area contributed by atoms with Gasteiger partial charge in [-0.15, -0.1) is 0 Å². The maximum absolute atomic E-state index is 13.2. The fraction of sp³-hybridized carbons (Fsp3) is 0.259. The van der Waals surface area contributed by atoms with Crippen LogP contribution in [0.1, 0.15) is 40.3 Å². The lowest BCUT2D eigenvalue weighted by molar-refractivity contribution is 0.0937. The third-order valence-electron chi connectivity index (χ3n) is 5.81. The number of carbonyl (C=O) groups excluding carboxylic acids is 1. The molecule has 34 heavy (non-hydrogen) atoms. The van der Waals surface area contributed by atoms with Crippen LogP contribution in [-0.2, 0) is 6.54 Å². The smallest absolute Gasteiger partial charge is 0.252 e. The van der Waals surface area contributed by atoms with E-state index in [1.165, 1.54) is 26.9 Å². The van der Waals surface area contributed by atoms with Crippen LogP contribution in [0.4, 0.5) is 0 Å². The molecule has 4 aromatic rings. The number of ether oxygens (including phenoxy) is 3. The minimum atomic E-state index is -0.343. The highest BCUT2D eigenvalue weighted by molar-refractivity contribution is 5.96. The van der Waals surface area contributed by atoms with Crippen molar-refractivity contribution in [2.24, 2.45) is 0 Å². The molecule has 0 aliphatic rings. The molecule has 3 aromatic carbocycles. The lowest BCUT2D eigenvalue weighted by Crippen LogP contribution is -2.29. The zero-order valence-electron chi connectivity index (χ0n) is 20.1. The number of hydrogen-bond donors (Lipinski definition) is 1. The summed E-state index contributed by atoms with van der Waals surface area (Å²) in [7, 11) is 4.57. The van der Waals surface area contributed by atoms with Gasteiger partial charge in [-0.1, -0.05) is 42.0 Å². The summed E-state index contributed by atoms with van der Waals surface area (Å²) in [4.78, 5) is 18.0. The highest BCUT2D eigenvalue weighted by atomic mass is 16.5. The van der Waals surface area contributed by atoms with Crippen LogP contribution in [0.5, 0.6) is 17.2 Å². The SMILES string of the molecule is COc1cc(C(=O)NC(C)c2nc3ccccc3n2Cc2ccc(C)cc2)cc(OC)c1OC. The molecule has 1 unspecified atom stereocenters. The fourth-order valence-corrected chi connectivity index (χ4v) is 4.02. The van der Waals surface area contributed by atoms with Crippen molar-refractivity contribution in [3.63, 3.8) is 0 Å². The molecule has 4 rings (SSSR count). The summed E-state index contributed by atoms with van der Waals surface area (Å²) in [6.45, 7) is 4.66. The standard InChI is InChI=1S/C27H29N3O4/c1-17-10-12-19(13-11-17)16-30-22-9-7-6-8-21(22)29-26(30)18(2)28-27(31)20-14-23(32-3)25(34-5)24(15-20)33-4/h6-15,18H,16H2,1-5H3,(H,28,31). The molecule has 7 heteroatoms. The van der Waals surface area contributed by atoms with Crippen LogP contribution in [0.3, 0.4) is 0 Å². The average Bonchev–Trinajstić information content (AvgIpc) is 3.22. The molecule has 1 heterocycles. The number of carbonyl (C=O) groups is 1. The number of fused-ring (bicyclic) bond motifs is 1. The van der Waals surface area contributed by atoms with Gasteiger partial charge >= 0.3 is 0 Å². The van der Waals surface area contributed by atoms with Crippen LogP contribution in [0.15, 0.2) is 60.7 Å². The molecule has 7 nitrogen and oxygen atoms in total. The second-order valence-electron chi connectivity index (χ2n) is 8.14. The van der Waals surface area contributed by atoms with Crippen molar-refractivity contribution in [2.75, 3.05) is 21.3 Å². The Balaban J connectivity index is 1.66. The summed E-state index contributed by atoms with van der Waals surface area (Å²) in [5.41, 5.74) is 4.69. The second kappa shape index (κ2) is 9.87. The molecule has 1 amide bonds. The Morgan fingerprint density at radius 3 is 2.24 bits per heavy atom. The van der Waals surface area contributed by atoms with Gasteiger partial charge in [0.1, 0.15) is 5.82 Å². The highest BCUT2D eigenvalue weighted by Gasteiger charge is 2.22. The largest absolute Gasteiger partial charge is 0.493 e. The first kappa shape index (κ1) is 23.2. The summed E-state index contributed by atoms with van der Waals surface area (Å²) in [5.74, 6) is 1.80. The van der Waals surface area contributed by atoms with Gasteiger partial charge in [0.25, 0.3) is 5.91 Å². The van der Waals surface area contributed by atoms with Crippen molar-refractivity contribution in [3.05, 3.63) is 83.2 Å². The summed E-state index contributed by atoms with van der Waals surface area (Å²) in [6.07, 6.45) is 0. The van der Waals surface area contributed by atoms with Gasteiger partial charge < -0.3 is 24.1 Å². The van der Waals surface area contributed by atoms with E-state index in [0.717, 1.165) is 22.4 Å². The number of para-hydroxylation sites is 2. The van der Waals surface area contributed by atoms with Crippen molar-refractivity contribution in [3.8, 4) is 17.2 Å². The van der Waals surface area contributed by atoms with Gasteiger partial charge in [-0.2, -0.15) is 0 Å². The number of amides is 1. The van der Waals surface area contributed by atoms with Crippen LogP contribution >= 0.6 is 0 Å². The Hall–Kier alpha value is -4.00. The van der Waals surface area contributed by atoms with Gasteiger partial charge in [0.15, 0.2) is 11.5 Å². The number of methoxy groups -OCH3 is 3. The summed E-state index contributed by atoms with van der Waals surface area (Å²) in [6, 6.07) is 19.4. The van der Waals surface area contributed by atoms with Gasteiger partial charge in [-0.3, -0.25) is 4.79 Å². The maximum Gasteiger partial charge on any atom is 0.252 e. The first-order valence-corrected chi connectivity index (χ1v) is 11.1. The predicted molar refractivity (Wildman–Crippen MR) is 132 cm³/mol. The van der Waals surface area contributed by atoms with Crippen molar-refractivity contribution in [1.82, 2.24) is 14.9 Å². The molecule has 1 aromatic heterocycles. The van der Waals surface area contributed by atoms with Crippen LogP contribution in [0, 0.1) is 6.92 Å². The molecule has 0 saturated heterocycles. The van der Waals surface area contributed by atoms with Crippen LogP contribution in [-0.4, -0.2) is 36.8 Å². The van der Waals surface area contributed by atoms with E-state index in [1.54, 1.807) is 12.1 Å². The lowest BCUT2D eigenvalue weighted by Gasteiger charge is -2.18. The Kier molecular flexibility index (Phi) is 6.72. The van der Waals surface area contributed by atoms with E-state index in [4.69, 9.17) is 19.2 Å². The van der Waals surface area contributed by atoms with Crippen molar-refractivity contribution in [1.29, 1.82) is 0 Å². The van der Waals surface area contributed by atoms with E-state index in [0.29, 0.717) is 29.4 Å². The Labute approximate surface area is 199 Å². The molecule has 0 saturated carbocycles. The molecule has 1 atom stereocenters. The summed E-state index contributed by atoms with van der Waals surface area (Å²) < 4.78 is 18.3. The van der Waals surface area contributed by atoms with E-state index in [-0.39, 0.29) is 11.9 Å². The minimum Gasteiger partial charge on any atom is -0.493 e. The molecule has 0 radical (unpaired) electrons. The van der Waals surface area contributed by atoms with E-state index >= 15 is 0 Å². The van der Waals surface area contributed by atoms with Crippen LogP contribution in [0.2, 0.25) is 0 Å². The number of aromatic nitrogens is 2. The lowest BCUT2D eigenvalue weighted by atomic mass is 10.1. The number of imidazole rings is 1. The second-order valence-corrected chi connectivity index (χ2v) is 8.14. The zero-order valence-corrected chi connectivity index (χ0v) is 20.1. The fourth-order valence-electron chi connectivity index (χ4n) is 4.02. The van der Waals surface area contributed by atoms with E-state index in [1.807, 2.05) is 31.2 Å². The Morgan fingerprint density at radius 1 is 0.971 bits per heavy atom. The van der Waals surface area contributed by atoms with E-state index < -0.39 is 0 Å². The quantitative estimate of drug-likeness (QED) is 0.405. The molecule has 0 spiro atoms. The van der Waals surface area contributed by atoms with Gasteiger partial charge in [0.05, 0.1) is 38.4 Å². The number of nitrogens with zero attached hydrogens (tertiary/aromatic N) is 2. The first-order chi connectivity index (χ1) is 16.4. The van der Waals surface area contributed by atoms with Gasteiger partial charge in [0, 0.05) is 12.1 Å². The molecule has 0 aliphatic heterocycles. The normalized spacial score (nSPS) is 11.8. The molecule has 176 valence electrons. The summed E-state index contributed by atoms with van der Waals surface area (Å²) >= 11 is 0. The third-order valence-corrected chi connectivity index (χ3v) is 5.81. The Bertz CT molecular complexity index is 1290. The molecular weight excluding hydrogens is 430 g/mol. The number of rotatable bonds is 8. The van der Waals surface area contributed by atoms with E-state index in [9.17, 15) is 4.79 Å². The van der Waals surface area contributed by atoms with Gasteiger partial charge in [0.2, 0.25) is 5.75 Å². The number of benzene rings is 3. The summed E-state index contributed by atoms with van der Waals surface area (Å²) in [5, 5.41) is 3.07. The first-order valence-electron chi connectivity index (χ1n) is 11.1. The number of nitrogens with one attached hydrogen (secondary N) is 1. The van der Waals surface area contributed by atoms with Crippen LogP contribution < -0.4 is 19.5 Å². The van der Waals surface area contributed by atoms with Gasteiger partial charge in [-0.25, -0.2) is 4.98 Å².